The molecule has 1 aromatic rings. The lowest BCUT2D eigenvalue weighted by Crippen LogP contribution is -2.35. The number of nitrogens with zero attached hydrogens (tertiary/aromatic N) is 1. The van der Waals surface area contributed by atoms with Crippen molar-refractivity contribution in [2.24, 2.45) is 0 Å². The molecule has 0 saturated heterocycles. The minimum absolute atomic E-state index is 0.637. The van der Waals surface area contributed by atoms with E-state index in [9.17, 15) is 0 Å². The fourth-order valence-corrected chi connectivity index (χ4v) is 2.03. The molecule has 0 aliphatic rings. The van der Waals surface area contributed by atoms with E-state index in [1.807, 2.05) is 39.3 Å². The van der Waals surface area contributed by atoms with Crippen molar-refractivity contribution in [1.29, 1.82) is 0 Å². The van der Waals surface area contributed by atoms with E-state index in [0.29, 0.717) is 4.48 Å². The summed E-state index contributed by atoms with van der Waals surface area (Å²) >= 11 is 12.0. The number of halogens is 2. The number of quaternary nitrogens is 1. The molecule has 66 valence electrons. The molecular formula is C9H12Cl2N+. The average molecular weight is 205 g/mol. The molecule has 12 heavy (non-hydrogen) atoms. The summed E-state index contributed by atoms with van der Waals surface area (Å²) in [6.07, 6.45) is 0. The van der Waals surface area contributed by atoms with E-state index < -0.39 is 0 Å². The highest BCUT2D eigenvalue weighted by atomic mass is 35.5. The van der Waals surface area contributed by atoms with E-state index >= 15 is 0 Å². The molecule has 0 heterocycles. The van der Waals surface area contributed by atoms with Gasteiger partial charge in [0.2, 0.25) is 0 Å². The van der Waals surface area contributed by atoms with E-state index in [-0.39, 0.29) is 0 Å². The maximum Gasteiger partial charge on any atom is 0.169 e. The molecule has 1 nitrogen and oxygen atoms in total. The first-order valence-electron chi connectivity index (χ1n) is 3.69. The molecule has 0 aliphatic carbocycles. The largest absolute Gasteiger partial charge is 0.296 e. The first-order valence-corrected chi connectivity index (χ1v) is 4.44. The topological polar surface area (TPSA) is 0 Å². The van der Waals surface area contributed by atoms with Crippen LogP contribution in [0.15, 0.2) is 18.2 Å². The molecule has 0 saturated carbocycles. The summed E-state index contributed by atoms with van der Waals surface area (Å²) in [6.45, 7) is 0. The summed E-state index contributed by atoms with van der Waals surface area (Å²) in [5.74, 6) is 0. The van der Waals surface area contributed by atoms with Crippen LogP contribution in [-0.2, 0) is 0 Å². The molecule has 0 aromatic heterocycles. The molecule has 0 N–H and O–H groups in total. The standard InChI is InChI=1S/C9H12Cl2N/c1-12(2,3)9-7(10)5-4-6-8(9)11/h4-6H,1-3H3/q+1. The van der Waals surface area contributed by atoms with Crippen molar-refractivity contribution in [2.75, 3.05) is 21.1 Å². The maximum atomic E-state index is 6.01. The van der Waals surface area contributed by atoms with Crippen LogP contribution < -0.4 is 4.48 Å². The Morgan fingerprint density at radius 1 is 1.00 bits per heavy atom. The van der Waals surface area contributed by atoms with E-state index in [2.05, 4.69) is 0 Å². The van der Waals surface area contributed by atoms with Crippen LogP contribution in [0.1, 0.15) is 0 Å². The number of benzene rings is 1. The SMILES string of the molecule is C[N+](C)(C)c1c(Cl)cccc1Cl. The lowest BCUT2D eigenvalue weighted by atomic mass is 10.3. The Balaban J connectivity index is 3.31. The Hall–Kier alpha value is -0.240. The third kappa shape index (κ3) is 1.92. The summed E-state index contributed by atoms with van der Waals surface area (Å²) < 4.78 is 0.637. The second kappa shape index (κ2) is 3.25. The van der Waals surface area contributed by atoms with Crippen molar-refractivity contribution >= 4 is 28.9 Å². The van der Waals surface area contributed by atoms with E-state index in [4.69, 9.17) is 23.2 Å². The minimum Gasteiger partial charge on any atom is -0.296 e. The van der Waals surface area contributed by atoms with Crippen molar-refractivity contribution in [3.63, 3.8) is 0 Å². The van der Waals surface area contributed by atoms with Gasteiger partial charge in [0, 0.05) is 0 Å². The Kier molecular flexibility index (Phi) is 2.67. The number of hydrogen-bond donors (Lipinski definition) is 0. The highest BCUT2D eigenvalue weighted by Crippen LogP contribution is 2.34. The van der Waals surface area contributed by atoms with Crippen molar-refractivity contribution in [2.45, 2.75) is 0 Å². The third-order valence-electron chi connectivity index (χ3n) is 1.61. The monoisotopic (exact) mass is 204 g/mol. The fraction of sp³-hybridized carbons (Fsp3) is 0.333. The fourth-order valence-electron chi connectivity index (χ4n) is 1.13. The van der Waals surface area contributed by atoms with Gasteiger partial charge in [-0.25, -0.2) is 0 Å². The molecule has 0 spiro atoms. The third-order valence-corrected chi connectivity index (χ3v) is 2.22. The molecule has 3 heteroatoms. The van der Waals surface area contributed by atoms with Crippen LogP contribution >= 0.6 is 23.2 Å². The van der Waals surface area contributed by atoms with E-state index in [0.717, 1.165) is 15.7 Å². The summed E-state index contributed by atoms with van der Waals surface area (Å²) in [5.41, 5.74) is 0.959. The lowest BCUT2D eigenvalue weighted by molar-refractivity contribution is 0.487. The summed E-state index contributed by atoms with van der Waals surface area (Å²) in [5, 5.41) is 1.44. The molecule has 1 aromatic carbocycles. The Morgan fingerprint density at radius 3 is 1.67 bits per heavy atom. The Labute approximate surface area is 83.1 Å². The van der Waals surface area contributed by atoms with E-state index in [1.165, 1.54) is 0 Å². The summed E-state index contributed by atoms with van der Waals surface area (Å²) in [4.78, 5) is 0. The van der Waals surface area contributed by atoms with Gasteiger partial charge in [0.1, 0.15) is 10.0 Å². The molecular weight excluding hydrogens is 193 g/mol. The molecule has 0 radical (unpaired) electrons. The average Bonchev–Trinajstić information content (AvgIpc) is 1.82. The molecule has 0 aliphatic heterocycles. The van der Waals surface area contributed by atoms with Crippen LogP contribution in [0.4, 0.5) is 5.69 Å². The molecule has 0 unspecified atom stereocenters. The van der Waals surface area contributed by atoms with Gasteiger partial charge in [0.05, 0.1) is 21.1 Å². The van der Waals surface area contributed by atoms with Gasteiger partial charge in [-0.05, 0) is 12.1 Å². The quantitative estimate of drug-likeness (QED) is 0.617. The number of rotatable bonds is 1. The van der Waals surface area contributed by atoms with Crippen LogP contribution in [0.25, 0.3) is 0 Å². The van der Waals surface area contributed by atoms with Gasteiger partial charge < -0.3 is 0 Å². The second-order valence-electron chi connectivity index (χ2n) is 3.58. The number of hydrogen-bond acceptors (Lipinski definition) is 0. The Bertz CT molecular complexity index is 269. The molecule has 0 fully saturated rings. The zero-order valence-corrected chi connectivity index (χ0v) is 8.95. The van der Waals surface area contributed by atoms with Crippen molar-refractivity contribution in [3.8, 4) is 0 Å². The first kappa shape index (κ1) is 9.85. The van der Waals surface area contributed by atoms with Gasteiger partial charge in [-0.15, -0.1) is 0 Å². The van der Waals surface area contributed by atoms with Gasteiger partial charge in [-0.3, -0.25) is 4.48 Å². The van der Waals surface area contributed by atoms with Crippen LogP contribution in [0.3, 0.4) is 0 Å². The Morgan fingerprint density at radius 2 is 1.42 bits per heavy atom. The predicted molar refractivity (Wildman–Crippen MR) is 56.0 cm³/mol. The molecule has 0 atom stereocenters. The van der Waals surface area contributed by atoms with Gasteiger partial charge in [0.15, 0.2) is 5.69 Å². The molecule has 0 bridgehead atoms. The van der Waals surface area contributed by atoms with Crippen LogP contribution in [0.5, 0.6) is 0 Å². The van der Waals surface area contributed by atoms with Crippen LogP contribution in [-0.4, -0.2) is 21.1 Å². The van der Waals surface area contributed by atoms with Crippen molar-refractivity contribution in [1.82, 2.24) is 4.48 Å². The molecule has 0 amide bonds. The smallest absolute Gasteiger partial charge is 0.169 e. The summed E-state index contributed by atoms with van der Waals surface area (Å²) in [7, 11) is 6.10. The highest BCUT2D eigenvalue weighted by Gasteiger charge is 2.19. The van der Waals surface area contributed by atoms with Gasteiger partial charge in [-0.1, -0.05) is 29.3 Å². The predicted octanol–water partition coefficient (Wildman–Crippen LogP) is 3.19. The minimum atomic E-state index is 0.637. The van der Waals surface area contributed by atoms with E-state index in [1.54, 1.807) is 0 Å². The summed E-state index contributed by atoms with van der Waals surface area (Å²) in [6, 6.07) is 5.56. The highest BCUT2D eigenvalue weighted by molar-refractivity contribution is 6.38. The van der Waals surface area contributed by atoms with Crippen LogP contribution in [0.2, 0.25) is 10.0 Å². The second-order valence-corrected chi connectivity index (χ2v) is 4.40. The lowest BCUT2D eigenvalue weighted by Gasteiger charge is -2.25. The zero-order valence-electron chi connectivity index (χ0n) is 7.44. The normalized spacial score (nSPS) is 11.8. The van der Waals surface area contributed by atoms with Gasteiger partial charge in [-0.2, -0.15) is 0 Å². The van der Waals surface area contributed by atoms with Gasteiger partial charge in [0.25, 0.3) is 0 Å². The number of para-hydroxylation sites is 1. The van der Waals surface area contributed by atoms with Crippen molar-refractivity contribution in [3.05, 3.63) is 28.2 Å². The first-order chi connectivity index (χ1) is 5.43. The zero-order chi connectivity index (χ0) is 9.35. The molecule has 1 rings (SSSR count). The van der Waals surface area contributed by atoms with Crippen LogP contribution in [0, 0.1) is 0 Å². The van der Waals surface area contributed by atoms with Crippen molar-refractivity contribution < 1.29 is 0 Å². The van der Waals surface area contributed by atoms with Gasteiger partial charge >= 0.3 is 0 Å². The maximum absolute atomic E-state index is 6.01.